The molecule has 0 aliphatic carbocycles. The first-order chi connectivity index (χ1) is 10.3. The van der Waals surface area contributed by atoms with Crippen molar-refractivity contribution in [3.05, 3.63) is 48.0 Å². The summed E-state index contributed by atoms with van der Waals surface area (Å²) < 4.78 is 16.8. The zero-order valence-corrected chi connectivity index (χ0v) is 12.8. The Morgan fingerprint density at radius 2 is 2.00 bits per heavy atom. The van der Waals surface area contributed by atoms with Crippen LogP contribution < -0.4 is 0 Å². The Labute approximate surface area is 127 Å². The van der Waals surface area contributed by atoms with Gasteiger partial charge in [0.15, 0.2) is 0 Å². The molecule has 1 unspecified atom stereocenters. The molecule has 0 spiro atoms. The number of nitrogens with zero attached hydrogens (tertiary/aromatic N) is 1. The highest BCUT2D eigenvalue weighted by Crippen LogP contribution is 2.25. The van der Waals surface area contributed by atoms with E-state index in [4.69, 9.17) is 14.2 Å². The molecule has 1 aromatic rings. The second-order valence-electron chi connectivity index (χ2n) is 5.29. The molecule has 116 valence electrons. The monoisotopic (exact) mass is 291 g/mol. The van der Waals surface area contributed by atoms with E-state index in [9.17, 15) is 0 Å². The highest BCUT2D eigenvalue weighted by Gasteiger charge is 2.25. The van der Waals surface area contributed by atoms with E-state index >= 15 is 0 Å². The van der Waals surface area contributed by atoms with Crippen molar-refractivity contribution in [3.8, 4) is 0 Å². The quantitative estimate of drug-likeness (QED) is 0.517. The minimum Gasteiger partial charge on any atom is -0.378 e. The molecule has 1 atom stereocenters. The zero-order chi connectivity index (χ0) is 14.9. The largest absolute Gasteiger partial charge is 0.378 e. The third-order valence-corrected chi connectivity index (χ3v) is 3.31. The van der Waals surface area contributed by atoms with Gasteiger partial charge in [-0.1, -0.05) is 42.5 Å². The Balaban J connectivity index is 1.63. The summed E-state index contributed by atoms with van der Waals surface area (Å²) in [4.78, 5) is 2.31. The summed E-state index contributed by atoms with van der Waals surface area (Å²) in [6.45, 7) is 10.9. The van der Waals surface area contributed by atoms with Gasteiger partial charge >= 0.3 is 0 Å². The number of rotatable bonds is 9. The van der Waals surface area contributed by atoms with Crippen molar-refractivity contribution in [2.75, 3.05) is 46.1 Å². The van der Waals surface area contributed by atoms with Gasteiger partial charge in [0.2, 0.25) is 0 Å². The topological polar surface area (TPSA) is 30.9 Å². The first-order valence-electron chi connectivity index (χ1n) is 7.48. The predicted molar refractivity (Wildman–Crippen MR) is 83.2 cm³/mol. The molecule has 0 radical (unpaired) electrons. The molecule has 4 nitrogen and oxygen atoms in total. The van der Waals surface area contributed by atoms with Crippen LogP contribution in [0.5, 0.6) is 0 Å². The average Bonchev–Trinajstić information content (AvgIpc) is 2.95. The lowest BCUT2D eigenvalue weighted by Crippen LogP contribution is -2.28. The van der Waals surface area contributed by atoms with Crippen LogP contribution in [0.1, 0.15) is 18.7 Å². The maximum absolute atomic E-state index is 5.81. The summed E-state index contributed by atoms with van der Waals surface area (Å²) in [6.07, 6.45) is 0.0643. The second-order valence-corrected chi connectivity index (χ2v) is 5.29. The summed E-state index contributed by atoms with van der Waals surface area (Å²) in [6, 6.07) is 10.3. The Kier molecular flexibility index (Phi) is 6.89. The van der Waals surface area contributed by atoms with Crippen LogP contribution in [-0.2, 0) is 14.2 Å². The third kappa shape index (κ3) is 5.59. The SMILES string of the molecule is C=C(C)COCCOCCN1CCOC1c1ccccc1. The minimum atomic E-state index is 0.0643. The van der Waals surface area contributed by atoms with Gasteiger partial charge in [0.1, 0.15) is 6.23 Å². The summed E-state index contributed by atoms with van der Waals surface area (Å²) in [7, 11) is 0. The van der Waals surface area contributed by atoms with Gasteiger partial charge in [0.05, 0.1) is 33.0 Å². The number of hydrogen-bond acceptors (Lipinski definition) is 4. The van der Waals surface area contributed by atoms with Crippen LogP contribution in [-0.4, -0.2) is 51.0 Å². The van der Waals surface area contributed by atoms with Crippen molar-refractivity contribution >= 4 is 0 Å². The Morgan fingerprint density at radius 3 is 2.76 bits per heavy atom. The zero-order valence-electron chi connectivity index (χ0n) is 12.8. The Morgan fingerprint density at radius 1 is 1.24 bits per heavy atom. The maximum Gasteiger partial charge on any atom is 0.136 e. The molecule has 2 rings (SSSR count). The normalized spacial score (nSPS) is 19.0. The van der Waals surface area contributed by atoms with E-state index in [0.29, 0.717) is 26.4 Å². The Bertz CT molecular complexity index is 421. The third-order valence-electron chi connectivity index (χ3n) is 3.31. The number of hydrogen-bond donors (Lipinski definition) is 0. The Hall–Kier alpha value is -1.20. The molecule has 1 aromatic carbocycles. The fourth-order valence-corrected chi connectivity index (χ4v) is 2.31. The molecule has 0 bridgehead atoms. The lowest BCUT2D eigenvalue weighted by Gasteiger charge is -2.23. The molecule has 1 aliphatic heterocycles. The van der Waals surface area contributed by atoms with Gasteiger partial charge in [-0.2, -0.15) is 0 Å². The highest BCUT2D eigenvalue weighted by atomic mass is 16.5. The molecule has 1 saturated heterocycles. The van der Waals surface area contributed by atoms with Crippen molar-refractivity contribution < 1.29 is 14.2 Å². The van der Waals surface area contributed by atoms with Crippen LogP contribution in [0.2, 0.25) is 0 Å². The molecule has 0 aromatic heterocycles. The molecule has 0 N–H and O–H groups in total. The molecule has 1 aliphatic rings. The van der Waals surface area contributed by atoms with E-state index in [-0.39, 0.29) is 6.23 Å². The van der Waals surface area contributed by atoms with E-state index in [1.807, 2.05) is 25.1 Å². The molecule has 1 heterocycles. The summed E-state index contributed by atoms with van der Waals surface area (Å²) >= 11 is 0. The van der Waals surface area contributed by atoms with E-state index in [1.165, 1.54) is 5.56 Å². The smallest absolute Gasteiger partial charge is 0.136 e. The van der Waals surface area contributed by atoms with Gasteiger partial charge in [-0.15, -0.1) is 0 Å². The number of benzene rings is 1. The van der Waals surface area contributed by atoms with Crippen LogP contribution in [0, 0.1) is 0 Å². The van der Waals surface area contributed by atoms with Gasteiger partial charge in [0, 0.05) is 13.1 Å². The minimum absolute atomic E-state index is 0.0643. The summed E-state index contributed by atoms with van der Waals surface area (Å²) in [5, 5.41) is 0. The first kappa shape index (κ1) is 16.2. The molecule has 4 heteroatoms. The van der Waals surface area contributed by atoms with E-state index in [0.717, 1.165) is 25.3 Å². The molecule has 0 amide bonds. The predicted octanol–water partition coefficient (Wildman–Crippen LogP) is 2.63. The molecular weight excluding hydrogens is 266 g/mol. The van der Waals surface area contributed by atoms with Crippen LogP contribution >= 0.6 is 0 Å². The summed E-state index contributed by atoms with van der Waals surface area (Å²) in [5.41, 5.74) is 2.25. The van der Waals surface area contributed by atoms with E-state index in [2.05, 4.69) is 23.6 Å². The van der Waals surface area contributed by atoms with Crippen LogP contribution in [0.4, 0.5) is 0 Å². The molecule has 1 fully saturated rings. The van der Waals surface area contributed by atoms with Gasteiger partial charge in [0.25, 0.3) is 0 Å². The van der Waals surface area contributed by atoms with Gasteiger partial charge in [-0.05, 0) is 12.5 Å². The lowest BCUT2D eigenvalue weighted by atomic mass is 10.2. The fourth-order valence-electron chi connectivity index (χ4n) is 2.31. The van der Waals surface area contributed by atoms with E-state index < -0.39 is 0 Å². The van der Waals surface area contributed by atoms with Gasteiger partial charge < -0.3 is 14.2 Å². The lowest BCUT2D eigenvalue weighted by molar-refractivity contribution is 0.00577. The van der Waals surface area contributed by atoms with Crippen molar-refractivity contribution in [1.29, 1.82) is 0 Å². The van der Waals surface area contributed by atoms with Crippen LogP contribution in [0.15, 0.2) is 42.5 Å². The summed E-state index contributed by atoms with van der Waals surface area (Å²) in [5.74, 6) is 0. The van der Waals surface area contributed by atoms with E-state index in [1.54, 1.807) is 0 Å². The average molecular weight is 291 g/mol. The standard InChI is InChI=1S/C17H25NO3/c1-15(2)14-20-13-12-19-10-8-18-9-11-21-17(18)16-6-4-3-5-7-16/h3-7,17H,1,8-14H2,2H3. The molecule has 21 heavy (non-hydrogen) atoms. The molecule has 0 saturated carbocycles. The van der Waals surface area contributed by atoms with Crippen molar-refractivity contribution in [2.24, 2.45) is 0 Å². The van der Waals surface area contributed by atoms with Crippen LogP contribution in [0.3, 0.4) is 0 Å². The van der Waals surface area contributed by atoms with Gasteiger partial charge in [-0.25, -0.2) is 0 Å². The van der Waals surface area contributed by atoms with Gasteiger partial charge in [-0.3, -0.25) is 4.90 Å². The second kappa shape index (κ2) is 8.95. The maximum atomic E-state index is 5.81. The van der Waals surface area contributed by atoms with Crippen molar-refractivity contribution in [1.82, 2.24) is 4.90 Å². The number of ether oxygens (including phenoxy) is 3. The fraction of sp³-hybridized carbons (Fsp3) is 0.529. The highest BCUT2D eigenvalue weighted by molar-refractivity contribution is 5.17. The van der Waals surface area contributed by atoms with Crippen molar-refractivity contribution in [3.63, 3.8) is 0 Å². The molecular formula is C17H25NO3. The van der Waals surface area contributed by atoms with Crippen LogP contribution in [0.25, 0.3) is 0 Å². The first-order valence-corrected chi connectivity index (χ1v) is 7.48. The van der Waals surface area contributed by atoms with Crippen molar-refractivity contribution in [2.45, 2.75) is 13.2 Å².